The second-order valence-electron chi connectivity index (χ2n) is 7.76. The Morgan fingerprint density at radius 3 is 1.90 bits per heavy atom. The summed E-state index contributed by atoms with van der Waals surface area (Å²) in [4.78, 5) is 37.7. The summed E-state index contributed by atoms with van der Waals surface area (Å²) >= 11 is 0. The molecule has 0 aliphatic heterocycles. The Balaban J connectivity index is 2.78. The summed E-state index contributed by atoms with van der Waals surface area (Å²) in [5.74, 6) is -6.18. The zero-order chi connectivity index (χ0) is 29.6. The average molecular weight is 566 g/mol. The van der Waals surface area contributed by atoms with Gasteiger partial charge in [-0.1, -0.05) is 24.3 Å². The number of aliphatic hydroxyl groups is 1. The SMILES string of the molecule is CCOC(=O)[C@](NC(=O)c1ccccc1)(Nc1cc([C@@](O)(C(=O)OCC)C(F)(F)F)ccc1OC)C(F)(F)F. The van der Waals surface area contributed by atoms with Crippen molar-refractivity contribution in [3.8, 4) is 5.75 Å². The molecule has 214 valence electrons. The first kappa shape index (κ1) is 31.2. The summed E-state index contributed by atoms with van der Waals surface area (Å²) in [5.41, 5.74) is -10.9. The van der Waals surface area contributed by atoms with Crippen LogP contribution in [0.1, 0.15) is 29.8 Å². The van der Waals surface area contributed by atoms with E-state index in [-0.39, 0.29) is 5.56 Å². The van der Waals surface area contributed by atoms with Gasteiger partial charge in [0.15, 0.2) is 0 Å². The molecule has 9 nitrogen and oxygen atoms in total. The number of benzene rings is 2. The van der Waals surface area contributed by atoms with Gasteiger partial charge in [-0.2, -0.15) is 26.3 Å². The minimum absolute atomic E-state index is 0.299. The smallest absolute Gasteiger partial charge is 0.441 e. The van der Waals surface area contributed by atoms with Gasteiger partial charge in [0.1, 0.15) is 5.75 Å². The molecule has 0 unspecified atom stereocenters. The molecule has 2 atom stereocenters. The topological polar surface area (TPSA) is 123 Å². The van der Waals surface area contributed by atoms with E-state index in [1.165, 1.54) is 37.4 Å². The van der Waals surface area contributed by atoms with Crippen molar-refractivity contribution in [3.63, 3.8) is 0 Å². The van der Waals surface area contributed by atoms with Crippen molar-refractivity contribution in [2.45, 2.75) is 37.5 Å². The lowest BCUT2D eigenvalue weighted by Gasteiger charge is -2.36. The van der Waals surface area contributed by atoms with Crippen LogP contribution in [-0.4, -0.2) is 61.3 Å². The molecule has 0 saturated carbocycles. The lowest BCUT2D eigenvalue weighted by Crippen LogP contribution is -2.69. The van der Waals surface area contributed by atoms with Crippen molar-refractivity contribution >= 4 is 23.5 Å². The van der Waals surface area contributed by atoms with Crippen LogP contribution in [0.2, 0.25) is 0 Å². The largest absolute Gasteiger partial charge is 0.495 e. The van der Waals surface area contributed by atoms with Gasteiger partial charge < -0.3 is 30.0 Å². The predicted molar refractivity (Wildman–Crippen MR) is 123 cm³/mol. The molecular formula is C24H24F6N2O7. The van der Waals surface area contributed by atoms with Crippen LogP contribution >= 0.6 is 0 Å². The number of carbonyl (C=O) groups is 3. The van der Waals surface area contributed by atoms with E-state index in [0.29, 0.717) is 18.2 Å². The van der Waals surface area contributed by atoms with Crippen LogP contribution in [0.5, 0.6) is 5.75 Å². The minimum Gasteiger partial charge on any atom is -0.495 e. The highest BCUT2D eigenvalue weighted by molar-refractivity contribution is 5.99. The quantitative estimate of drug-likeness (QED) is 0.226. The molecule has 3 N–H and O–H groups in total. The van der Waals surface area contributed by atoms with Crippen LogP contribution < -0.4 is 15.4 Å². The van der Waals surface area contributed by atoms with Crippen molar-refractivity contribution in [1.29, 1.82) is 0 Å². The lowest BCUT2D eigenvalue weighted by molar-refractivity contribution is -0.267. The third kappa shape index (κ3) is 6.19. The number of alkyl halides is 6. The summed E-state index contributed by atoms with van der Waals surface area (Å²) < 4.78 is 99.2. The standard InChI is InChI=1S/C24H24F6N2O7/c1-4-38-19(34)21(36,23(25,26)27)15-11-12-17(37-3)16(13-15)31-22(24(28,29)30,20(35)39-5-2)32-18(33)14-9-7-6-8-10-14/h6-13,31,36H,4-5H2,1-3H3,(H,32,33)/t21-,22-/m1/s1. The van der Waals surface area contributed by atoms with Crippen molar-refractivity contribution < 1.29 is 60.0 Å². The molecule has 0 aliphatic carbocycles. The third-order valence-electron chi connectivity index (χ3n) is 5.26. The minimum atomic E-state index is -5.69. The highest BCUT2D eigenvalue weighted by atomic mass is 19.4. The van der Waals surface area contributed by atoms with Gasteiger partial charge in [-0.15, -0.1) is 0 Å². The van der Waals surface area contributed by atoms with Gasteiger partial charge in [0.25, 0.3) is 11.5 Å². The van der Waals surface area contributed by atoms with Gasteiger partial charge in [0, 0.05) is 11.1 Å². The van der Waals surface area contributed by atoms with Crippen LogP contribution in [0.15, 0.2) is 48.5 Å². The number of carbonyl (C=O) groups excluding carboxylic acids is 3. The van der Waals surface area contributed by atoms with Gasteiger partial charge in [0.2, 0.25) is 0 Å². The summed E-state index contributed by atoms with van der Waals surface area (Å²) in [7, 11) is 0.948. The van der Waals surface area contributed by atoms with E-state index in [9.17, 15) is 45.8 Å². The third-order valence-corrected chi connectivity index (χ3v) is 5.26. The molecule has 1 amide bonds. The fourth-order valence-electron chi connectivity index (χ4n) is 3.33. The molecular weight excluding hydrogens is 542 g/mol. The van der Waals surface area contributed by atoms with Crippen molar-refractivity contribution in [2.24, 2.45) is 0 Å². The molecule has 0 aliphatic rings. The Hall–Kier alpha value is -4.01. The van der Waals surface area contributed by atoms with Gasteiger partial charge in [-0.25, -0.2) is 9.59 Å². The maximum absolute atomic E-state index is 14.6. The molecule has 0 fully saturated rings. The summed E-state index contributed by atoms with van der Waals surface area (Å²) in [6.07, 6.45) is -11.3. The molecule has 39 heavy (non-hydrogen) atoms. The average Bonchev–Trinajstić information content (AvgIpc) is 2.87. The number of hydrogen-bond acceptors (Lipinski definition) is 8. The first-order valence-electron chi connectivity index (χ1n) is 11.1. The second-order valence-corrected chi connectivity index (χ2v) is 7.76. The Morgan fingerprint density at radius 1 is 0.846 bits per heavy atom. The van der Waals surface area contributed by atoms with E-state index in [1.54, 1.807) is 5.32 Å². The van der Waals surface area contributed by atoms with E-state index in [1.807, 2.05) is 0 Å². The molecule has 2 aromatic rings. The number of ether oxygens (including phenoxy) is 3. The summed E-state index contributed by atoms with van der Waals surface area (Å²) in [6, 6.07) is 8.01. The van der Waals surface area contributed by atoms with Crippen molar-refractivity contribution in [1.82, 2.24) is 5.32 Å². The van der Waals surface area contributed by atoms with Gasteiger partial charge in [-0.05, 0) is 38.1 Å². The van der Waals surface area contributed by atoms with Gasteiger partial charge in [0.05, 0.1) is 26.0 Å². The van der Waals surface area contributed by atoms with Crippen LogP contribution in [0, 0.1) is 0 Å². The highest BCUT2D eigenvalue weighted by Crippen LogP contribution is 2.43. The normalized spacial score (nSPS) is 14.8. The number of methoxy groups -OCH3 is 1. The maximum Gasteiger partial charge on any atom is 0.441 e. The Kier molecular flexibility index (Phi) is 9.44. The number of halogens is 6. The highest BCUT2D eigenvalue weighted by Gasteiger charge is 2.65. The van der Waals surface area contributed by atoms with Gasteiger partial charge >= 0.3 is 30.0 Å². The molecule has 0 radical (unpaired) electrons. The fourth-order valence-corrected chi connectivity index (χ4v) is 3.33. The number of anilines is 1. The first-order valence-corrected chi connectivity index (χ1v) is 11.1. The zero-order valence-corrected chi connectivity index (χ0v) is 20.7. The van der Waals surface area contributed by atoms with Crippen LogP contribution in [0.25, 0.3) is 0 Å². The molecule has 0 saturated heterocycles. The number of esters is 2. The number of rotatable bonds is 10. The lowest BCUT2D eigenvalue weighted by atomic mass is 9.92. The zero-order valence-electron chi connectivity index (χ0n) is 20.7. The molecule has 2 rings (SSSR count). The van der Waals surface area contributed by atoms with E-state index < -0.39 is 71.7 Å². The van der Waals surface area contributed by atoms with E-state index in [2.05, 4.69) is 9.47 Å². The maximum atomic E-state index is 14.6. The predicted octanol–water partition coefficient (Wildman–Crippen LogP) is 3.67. The van der Waals surface area contributed by atoms with Crippen LogP contribution in [0.3, 0.4) is 0 Å². The van der Waals surface area contributed by atoms with Gasteiger partial charge in [-0.3, -0.25) is 4.79 Å². The van der Waals surface area contributed by atoms with Crippen LogP contribution in [-0.2, 0) is 24.7 Å². The Bertz CT molecular complexity index is 1190. The first-order chi connectivity index (χ1) is 18.1. The molecule has 15 heteroatoms. The summed E-state index contributed by atoms with van der Waals surface area (Å²) in [5, 5.41) is 13.6. The molecule has 2 aromatic carbocycles. The van der Waals surface area contributed by atoms with E-state index in [0.717, 1.165) is 19.2 Å². The van der Waals surface area contributed by atoms with Crippen LogP contribution in [0.4, 0.5) is 32.0 Å². The molecule has 0 bridgehead atoms. The van der Waals surface area contributed by atoms with Crippen molar-refractivity contribution in [2.75, 3.05) is 25.6 Å². The number of nitrogens with one attached hydrogen (secondary N) is 2. The monoisotopic (exact) mass is 566 g/mol. The number of hydrogen-bond donors (Lipinski definition) is 3. The van der Waals surface area contributed by atoms with Crippen molar-refractivity contribution in [3.05, 3.63) is 59.7 Å². The fraction of sp³-hybridized carbons (Fsp3) is 0.375. The molecule has 0 spiro atoms. The van der Waals surface area contributed by atoms with E-state index in [4.69, 9.17) is 4.74 Å². The summed E-state index contributed by atoms with van der Waals surface area (Å²) in [6.45, 7) is 1.21. The Labute approximate surface area is 218 Å². The van der Waals surface area contributed by atoms with E-state index >= 15 is 0 Å². The second kappa shape index (κ2) is 11.8. The Morgan fingerprint density at radius 2 is 1.41 bits per heavy atom. The molecule has 0 heterocycles. The molecule has 0 aromatic heterocycles. The number of amides is 1.